The van der Waals surface area contributed by atoms with E-state index in [2.05, 4.69) is 0 Å². The second kappa shape index (κ2) is 5.43. The highest BCUT2D eigenvalue weighted by Gasteiger charge is 1.94. The first kappa shape index (κ1) is 8.29. The van der Waals surface area contributed by atoms with Crippen LogP contribution in [0.15, 0.2) is 0 Å². The Hall–Kier alpha value is -0.710. The predicted octanol–water partition coefficient (Wildman–Crippen LogP) is 0.517. The number of unbranched alkanes of at least 4 members (excludes halogenated alkanes) is 1. The number of rotatable bonds is 5. The van der Waals surface area contributed by atoms with Crippen molar-refractivity contribution in [2.45, 2.75) is 12.8 Å². The zero-order chi connectivity index (χ0) is 7.11. The lowest BCUT2D eigenvalue weighted by molar-refractivity contribution is -0.480. The predicted molar refractivity (Wildman–Crippen MR) is 30.2 cm³/mol. The third-order valence-electron chi connectivity index (χ3n) is 0.862. The molecule has 1 N–H and O–H groups in total. The van der Waals surface area contributed by atoms with Crippen LogP contribution >= 0.6 is 0 Å². The SMILES string of the molecule is O=[N+]([O-])CCCCNF. The zero-order valence-electron chi connectivity index (χ0n) is 4.97. The maximum absolute atomic E-state index is 11.1. The molecule has 0 saturated carbocycles. The number of nitrogens with one attached hydrogen (secondary N) is 1. The highest BCUT2D eigenvalue weighted by Crippen LogP contribution is 1.86. The Kier molecular flexibility index (Phi) is 5.00. The summed E-state index contributed by atoms with van der Waals surface area (Å²) in [6.45, 7) is 0.134. The summed E-state index contributed by atoms with van der Waals surface area (Å²) in [5, 5.41) is 9.65. The third-order valence-corrected chi connectivity index (χ3v) is 0.862. The van der Waals surface area contributed by atoms with Crippen LogP contribution in [0.5, 0.6) is 0 Å². The van der Waals surface area contributed by atoms with Crippen LogP contribution in [-0.4, -0.2) is 18.0 Å². The molecule has 0 radical (unpaired) electrons. The highest BCUT2D eigenvalue weighted by atomic mass is 19.2. The lowest BCUT2D eigenvalue weighted by Crippen LogP contribution is -2.06. The summed E-state index contributed by atoms with van der Waals surface area (Å²) in [4.78, 5) is 9.25. The maximum Gasteiger partial charge on any atom is 0.203 e. The van der Waals surface area contributed by atoms with Crippen LogP contribution in [-0.2, 0) is 0 Å². The number of halogens is 1. The summed E-state index contributed by atoms with van der Waals surface area (Å²) in [6.07, 6.45) is 0.946. The summed E-state index contributed by atoms with van der Waals surface area (Å²) >= 11 is 0. The second-order valence-corrected chi connectivity index (χ2v) is 1.65. The number of hydrogen-bond donors (Lipinski definition) is 1. The fourth-order valence-corrected chi connectivity index (χ4v) is 0.433. The van der Waals surface area contributed by atoms with Crippen LogP contribution in [0.4, 0.5) is 4.48 Å². The third kappa shape index (κ3) is 7.29. The van der Waals surface area contributed by atoms with Gasteiger partial charge in [-0.05, 0) is 6.42 Å². The Labute approximate surface area is 52.1 Å². The van der Waals surface area contributed by atoms with E-state index in [9.17, 15) is 14.6 Å². The fraction of sp³-hybridized carbons (Fsp3) is 1.00. The Balaban J connectivity index is 2.83. The van der Waals surface area contributed by atoms with E-state index in [1.165, 1.54) is 5.54 Å². The number of nitro groups is 1. The largest absolute Gasteiger partial charge is 0.265 e. The van der Waals surface area contributed by atoms with E-state index >= 15 is 0 Å². The molecule has 0 heterocycles. The van der Waals surface area contributed by atoms with Gasteiger partial charge in [0.05, 0.1) is 0 Å². The summed E-state index contributed by atoms with van der Waals surface area (Å²) in [6, 6.07) is 0. The second-order valence-electron chi connectivity index (χ2n) is 1.65. The van der Waals surface area contributed by atoms with E-state index in [-0.39, 0.29) is 13.1 Å². The van der Waals surface area contributed by atoms with Gasteiger partial charge < -0.3 is 0 Å². The highest BCUT2D eigenvalue weighted by molar-refractivity contribution is 4.37. The Morgan fingerprint density at radius 3 is 2.67 bits per heavy atom. The Morgan fingerprint density at radius 1 is 1.56 bits per heavy atom. The first-order valence-corrected chi connectivity index (χ1v) is 2.72. The first-order valence-electron chi connectivity index (χ1n) is 2.72. The number of nitrogens with zero attached hydrogens (tertiary/aromatic N) is 1. The van der Waals surface area contributed by atoms with Gasteiger partial charge in [0.15, 0.2) is 0 Å². The molecule has 0 aromatic heterocycles. The lowest BCUT2D eigenvalue weighted by Gasteiger charge is -1.91. The molecule has 0 aromatic rings. The van der Waals surface area contributed by atoms with Crippen molar-refractivity contribution >= 4 is 0 Å². The van der Waals surface area contributed by atoms with E-state index in [0.717, 1.165) is 0 Å². The van der Waals surface area contributed by atoms with Gasteiger partial charge in [-0.25, -0.2) is 0 Å². The first-order chi connectivity index (χ1) is 4.27. The van der Waals surface area contributed by atoms with Crippen LogP contribution in [0.2, 0.25) is 0 Å². The molecule has 5 heteroatoms. The van der Waals surface area contributed by atoms with Gasteiger partial charge in [-0.1, -0.05) is 0 Å². The van der Waals surface area contributed by atoms with Crippen molar-refractivity contribution < 1.29 is 9.40 Å². The molecule has 0 fully saturated rings. The maximum atomic E-state index is 11.1. The van der Waals surface area contributed by atoms with E-state index in [1.807, 2.05) is 0 Å². The van der Waals surface area contributed by atoms with Crippen molar-refractivity contribution in [3.8, 4) is 0 Å². The smallest absolute Gasteiger partial charge is 0.203 e. The Morgan fingerprint density at radius 2 is 2.22 bits per heavy atom. The van der Waals surface area contributed by atoms with Crippen molar-refractivity contribution in [1.29, 1.82) is 0 Å². The van der Waals surface area contributed by atoms with E-state index in [0.29, 0.717) is 12.8 Å². The van der Waals surface area contributed by atoms with Crippen molar-refractivity contribution in [2.24, 2.45) is 0 Å². The van der Waals surface area contributed by atoms with Crippen LogP contribution in [0, 0.1) is 10.1 Å². The summed E-state index contributed by atoms with van der Waals surface area (Å²) < 4.78 is 11.1. The molecule has 0 spiro atoms. The monoisotopic (exact) mass is 136 g/mol. The molecular weight excluding hydrogens is 127 g/mol. The minimum atomic E-state index is -0.405. The zero-order valence-corrected chi connectivity index (χ0v) is 4.97. The van der Waals surface area contributed by atoms with E-state index in [4.69, 9.17) is 0 Å². The molecular formula is C4H9FN2O2. The standard InChI is InChI=1S/C4H9FN2O2/c5-6-3-1-2-4-7(8)9/h6H,1-4H2. The summed E-state index contributed by atoms with van der Waals surface area (Å²) in [5.41, 5.74) is 1.42. The molecule has 0 rings (SSSR count). The molecule has 54 valence electrons. The molecule has 0 unspecified atom stereocenters. The van der Waals surface area contributed by atoms with Gasteiger partial charge in [-0.3, -0.25) is 10.1 Å². The molecule has 0 aliphatic carbocycles. The van der Waals surface area contributed by atoms with Crippen LogP contribution in [0.25, 0.3) is 0 Å². The van der Waals surface area contributed by atoms with Crippen molar-refractivity contribution in [3.63, 3.8) is 0 Å². The fourth-order valence-electron chi connectivity index (χ4n) is 0.433. The van der Waals surface area contributed by atoms with Gasteiger partial charge >= 0.3 is 0 Å². The van der Waals surface area contributed by atoms with E-state index in [1.54, 1.807) is 0 Å². The normalized spacial score (nSPS) is 9.44. The van der Waals surface area contributed by atoms with Crippen LogP contribution in [0.3, 0.4) is 0 Å². The lowest BCUT2D eigenvalue weighted by atomic mass is 10.3. The van der Waals surface area contributed by atoms with Crippen LogP contribution in [0.1, 0.15) is 12.8 Å². The molecule has 4 nitrogen and oxygen atoms in total. The minimum Gasteiger partial charge on any atom is -0.265 e. The molecule has 0 aromatic carbocycles. The molecule has 9 heavy (non-hydrogen) atoms. The van der Waals surface area contributed by atoms with Crippen LogP contribution < -0.4 is 5.54 Å². The molecule has 0 amide bonds. The van der Waals surface area contributed by atoms with Gasteiger partial charge in [0.2, 0.25) is 6.54 Å². The molecule has 0 saturated heterocycles. The average Bonchev–Trinajstić information content (AvgIpc) is 1.80. The summed E-state index contributed by atoms with van der Waals surface area (Å²) in [5.74, 6) is 0. The molecule has 0 atom stereocenters. The molecule has 0 aliphatic heterocycles. The topological polar surface area (TPSA) is 55.2 Å². The quantitative estimate of drug-likeness (QED) is 0.259. The van der Waals surface area contributed by atoms with Crippen molar-refractivity contribution in [2.75, 3.05) is 13.1 Å². The number of hydrogen-bond acceptors (Lipinski definition) is 3. The van der Waals surface area contributed by atoms with E-state index < -0.39 is 4.92 Å². The van der Waals surface area contributed by atoms with Gasteiger partial charge in [0.1, 0.15) is 0 Å². The Bertz CT molecular complexity index is 88.6. The van der Waals surface area contributed by atoms with Crippen molar-refractivity contribution in [3.05, 3.63) is 10.1 Å². The van der Waals surface area contributed by atoms with Gasteiger partial charge in [0, 0.05) is 17.9 Å². The minimum absolute atomic E-state index is 0.0678. The van der Waals surface area contributed by atoms with Gasteiger partial charge in [-0.2, -0.15) is 5.54 Å². The molecule has 0 bridgehead atoms. The summed E-state index contributed by atoms with van der Waals surface area (Å²) in [7, 11) is 0. The average molecular weight is 136 g/mol. The van der Waals surface area contributed by atoms with Crippen molar-refractivity contribution in [1.82, 2.24) is 5.54 Å². The van der Waals surface area contributed by atoms with Gasteiger partial charge in [-0.15, -0.1) is 4.48 Å². The van der Waals surface area contributed by atoms with Gasteiger partial charge in [0.25, 0.3) is 0 Å². The molecule has 0 aliphatic rings.